The summed E-state index contributed by atoms with van der Waals surface area (Å²) in [7, 11) is 0. The van der Waals surface area contributed by atoms with Crippen molar-refractivity contribution < 1.29 is 9.59 Å². The Balaban J connectivity index is 1.52. The van der Waals surface area contributed by atoms with Crippen LogP contribution in [-0.2, 0) is 11.3 Å². The Morgan fingerprint density at radius 1 is 1.03 bits per heavy atom. The second-order valence-electron chi connectivity index (χ2n) is 8.57. The first-order chi connectivity index (χ1) is 15.0. The smallest absolute Gasteiger partial charge is 0.191 e. The maximum absolute atomic E-state index is 13.6. The third-order valence-electron chi connectivity index (χ3n) is 6.62. The van der Waals surface area contributed by atoms with Crippen LogP contribution in [0.5, 0.6) is 0 Å². The molecule has 3 aromatic rings. The molecule has 1 aromatic heterocycles. The molecule has 4 nitrogen and oxygen atoms in total. The molecule has 31 heavy (non-hydrogen) atoms. The van der Waals surface area contributed by atoms with E-state index in [1.807, 2.05) is 68.6 Å². The minimum absolute atomic E-state index is 0.0525. The van der Waals surface area contributed by atoms with Gasteiger partial charge in [0.1, 0.15) is 6.04 Å². The lowest BCUT2D eigenvalue weighted by molar-refractivity contribution is -0.115. The largest absolute Gasteiger partial charge is 0.370 e. The van der Waals surface area contributed by atoms with Crippen LogP contribution in [0.4, 0.5) is 5.69 Å². The normalized spacial score (nSPS) is 18.1. The third kappa shape index (κ3) is 3.42. The molecule has 1 N–H and O–H groups in total. The average molecular weight is 411 g/mol. The summed E-state index contributed by atoms with van der Waals surface area (Å²) >= 11 is 0. The Morgan fingerprint density at radius 2 is 1.87 bits per heavy atom. The van der Waals surface area contributed by atoms with E-state index in [2.05, 4.69) is 16.0 Å². The summed E-state index contributed by atoms with van der Waals surface area (Å²) in [4.78, 5) is 25.8. The second kappa shape index (κ2) is 7.69. The first-order valence-electron chi connectivity index (χ1n) is 10.9. The molecular formula is C27H26N2O2. The zero-order valence-electron chi connectivity index (χ0n) is 17.9. The van der Waals surface area contributed by atoms with Gasteiger partial charge in [-0.3, -0.25) is 9.59 Å². The van der Waals surface area contributed by atoms with Gasteiger partial charge < -0.3 is 9.88 Å². The molecular weight excluding hydrogens is 384 g/mol. The quantitative estimate of drug-likeness (QED) is 0.562. The van der Waals surface area contributed by atoms with Crippen molar-refractivity contribution in [3.63, 3.8) is 0 Å². The van der Waals surface area contributed by atoms with Gasteiger partial charge in [0.2, 0.25) is 0 Å². The lowest BCUT2D eigenvalue weighted by atomic mass is 9.85. The van der Waals surface area contributed by atoms with E-state index >= 15 is 0 Å². The lowest BCUT2D eigenvalue weighted by Gasteiger charge is -2.21. The van der Waals surface area contributed by atoms with Crippen molar-refractivity contribution in [3.05, 3.63) is 94.3 Å². The summed E-state index contributed by atoms with van der Waals surface area (Å²) in [6, 6.07) is 17.6. The van der Waals surface area contributed by atoms with E-state index in [9.17, 15) is 9.59 Å². The van der Waals surface area contributed by atoms with Crippen molar-refractivity contribution in [1.82, 2.24) is 4.57 Å². The van der Waals surface area contributed by atoms with Gasteiger partial charge in [0.25, 0.3) is 0 Å². The fourth-order valence-electron chi connectivity index (χ4n) is 4.87. The molecule has 2 aliphatic rings. The summed E-state index contributed by atoms with van der Waals surface area (Å²) in [5, 5.41) is 3.49. The SMILES string of the molecule is CC1=C(c2ccc(C(=O)C3Nc4ccccc4Cn4cccc43)cc2C)CCCC1=O. The highest BCUT2D eigenvalue weighted by Gasteiger charge is 2.28. The van der Waals surface area contributed by atoms with Crippen molar-refractivity contribution in [2.75, 3.05) is 5.32 Å². The lowest BCUT2D eigenvalue weighted by Crippen LogP contribution is -2.22. The van der Waals surface area contributed by atoms with Gasteiger partial charge >= 0.3 is 0 Å². The number of carbonyl (C=O) groups excluding carboxylic acids is 2. The second-order valence-corrected chi connectivity index (χ2v) is 8.57. The minimum Gasteiger partial charge on any atom is -0.370 e. The Kier molecular flexibility index (Phi) is 4.85. The number of fused-ring (bicyclic) bond motifs is 2. The summed E-state index contributed by atoms with van der Waals surface area (Å²) in [5.41, 5.74) is 7.96. The van der Waals surface area contributed by atoms with Gasteiger partial charge in [0, 0.05) is 36.1 Å². The van der Waals surface area contributed by atoms with Gasteiger partial charge in [-0.25, -0.2) is 0 Å². The standard InChI is InChI=1S/C27H26N2O2/c1-17-15-19(12-13-21(17)22-8-5-11-25(30)18(22)2)27(31)26-24-10-6-14-29(24)16-20-7-3-4-9-23(20)28-26/h3-4,6-7,9-10,12-15,26,28H,5,8,11,16H2,1-2H3. The van der Waals surface area contributed by atoms with E-state index in [-0.39, 0.29) is 11.6 Å². The van der Waals surface area contributed by atoms with Crippen molar-refractivity contribution >= 4 is 22.8 Å². The number of aromatic nitrogens is 1. The monoisotopic (exact) mass is 410 g/mol. The number of nitrogens with zero attached hydrogens (tertiary/aromatic N) is 1. The number of nitrogens with one attached hydrogen (secondary N) is 1. The number of rotatable bonds is 3. The van der Waals surface area contributed by atoms with Crippen molar-refractivity contribution in [2.45, 2.75) is 45.7 Å². The molecule has 0 saturated heterocycles. The van der Waals surface area contributed by atoms with E-state index in [1.54, 1.807) is 0 Å². The summed E-state index contributed by atoms with van der Waals surface area (Å²) in [5.74, 6) is 0.291. The third-order valence-corrected chi connectivity index (χ3v) is 6.62. The number of aryl methyl sites for hydroxylation is 1. The number of anilines is 1. The van der Waals surface area contributed by atoms with E-state index in [1.165, 1.54) is 5.56 Å². The average Bonchev–Trinajstić information content (AvgIpc) is 3.16. The van der Waals surface area contributed by atoms with Gasteiger partial charge in [0.15, 0.2) is 11.6 Å². The molecule has 0 fully saturated rings. The number of benzene rings is 2. The molecule has 1 aliphatic carbocycles. The number of hydrogen-bond donors (Lipinski definition) is 1. The topological polar surface area (TPSA) is 51.1 Å². The molecule has 0 spiro atoms. The van der Waals surface area contributed by atoms with E-state index in [0.29, 0.717) is 12.0 Å². The van der Waals surface area contributed by atoms with Crippen LogP contribution < -0.4 is 5.32 Å². The fraction of sp³-hybridized carbons (Fsp3) is 0.259. The van der Waals surface area contributed by atoms with Gasteiger partial charge in [-0.05, 0) is 78.8 Å². The van der Waals surface area contributed by atoms with Gasteiger partial charge in [-0.2, -0.15) is 0 Å². The zero-order valence-corrected chi connectivity index (χ0v) is 17.9. The van der Waals surface area contributed by atoms with Crippen LogP contribution in [0.25, 0.3) is 5.57 Å². The van der Waals surface area contributed by atoms with Gasteiger partial charge in [0.05, 0.1) is 0 Å². The highest BCUT2D eigenvalue weighted by molar-refractivity contribution is 6.05. The number of para-hydroxylation sites is 1. The Bertz CT molecular complexity index is 1230. The first kappa shape index (κ1) is 19.6. The molecule has 2 heterocycles. The van der Waals surface area contributed by atoms with E-state index in [4.69, 9.17) is 0 Å². The molecule has 0 bridgehead atoms. The van der Waals surface area contributed by atoms with Crippen LogP contribution in [-0.4, -0.2) is 16.1 Å². The van der Waals surface area contributed by atoms with Crippen LogP contribution in [0.15, 0.2) is 66.4 Å². The van der Waals surface area contributed by atoms with E-state index in [0.717, 1.165) is 53.0 Å². The van der Waals surface area contributed by atoms with Crippen LogP contribution in [0.1, 0.15) is 65.0 Å². The molecule has 156 valence electrons. The number of Topliss-reactive ketones (excluding diaryl/α,β-unsaturated/α-hetero) is 2. The molecule has 0 amide bonds. The summed E-state index contributed by atoms with van der Waals surface area (Å²) in [6.07, 6.45) is 4.48. The Morgan fingerprint density at radius 3 is 2.71 bits per heavy atom. The predicted octanol–water partition coefficient (Wildman–Crippen LogP) is 5.72. The van der Waals surface area contributed by atoms with Crippen LogP contribution >= 0.6 is 0 Å². The molecule has 1 atom stereocenters. The van der Waals surface area contributed by atoms with Crippen molar-refractivity contribution in [3.8, 4) is 0 Å². The molecule has 4 heteroatoms. The summed E-state index contributed by atoms with van der Waals surface area (Å²) < 4.78 is 2.14. The number of ketones is 2. The highest BCUT2D eigenvalue weighted by atomic mass is 16.1. The molecule has 0 radical (unpaired) electrons. The maximum atomic E-state index is 13.6. The van der Waals surface area contributed by atoms with Gasteiger partial charge in [-0.15, -0.1) is 0 Å². The number of allylic oxidation sites excluding steroid dienone is 2. The Hall–Kier alpha value is -3.40. The zero-order chi connectivity index (χ0) is 21.5. The fourth-order valence-corrected chi connectivity index (χ4v) is 4.87. The minimum atomic E-state index is -0.443. The van der Waals surface area contributed by atoms with Crippen LogP contribution in [0.2, 0.25) is 0 Å². The Labute approximate surface area is 182 Å². The van der Waals surface area contributed by atoms with Crippen molar-refractivity contribution in [2.24, 2.45) is 0 Å². The first-order valence-corrected chi connectivity index (χ1v) is 10.9. The maximum Gasteiger partial charge on any atom is 0.191 e. The van der Waals surface area contributed by atoms with Crippen LogP contribution in [0.3, 0.4) is 0 Å². The molecule has 0 saturated carbocycles. The van der Waals surface area contributed by atoms with E-state index < -0.39 is 6.04 Å². The summed E-state index contributed by atoms with van der Waals surface area (Å²) in [6.45, 7) is 4.70. The van der Waals surface area contributed by atoms with Crippen LogP contribution in [0, 0.1) is 6.92 Å². The molecule has 1 unspecified atom stereocenters. The van der Waals surface area contributed by atoms with Gasteiger partial charge in [-0.1, -0.05) is 30.3 Å². The number of carbonyl (C=O) groups is 2. The highest BCUT2D eigenvalue weighted by Crippen LogP contribution is 2.34. The number of hydrogen-bond acceptors (Lipinski definition) is 3. The molecule has 1 aliphatic heterocycles. The predicted molar refractivity (Wildman–Crippen MR) is 123 cm³/mol. The molecule has 2 aromatic carbocycles. The molecule has 5 rings (SSSR count). The van der Waals surface area contributed by atoms with Crippen molar-refractivity contribution in [1.29, 1.82) is 0 Å².